The van der Waals surface area contributed by atoms with Gasteiger partial charge in [0.1, 0.15) is 5.75 Å². The van der Waals surface area contributed by atoms with Crippen LogP contribution in [0.25, 0.3) is 0 Å². The SMILES string of the molecule is CCN(CCCOC)c1ccc(Nc2ccc3c(c2)OCC(=O)N3C)cc1. The summed E-state index contributed by atoms with van der Waals surface area (Å²) in [5, 5.41) is 3.39. The predicted molar refractivity (Wildman–Crippen MR) is 109 cm³/mol. The van der Waals surface area contributed by atoms with Crippen molar-refractivity contribution in [2.24, 2.45) is 0 Å². The van der Waals surface area contributed by atoms with Crippen LogP contribution in [0.4, 0.5) is 22.7 Å². The van der Waals surface area contributed by atoms with E-state index in [1.54, 1.807) is 19.1 Å². The molecule has 0 bridgehead atoms. The molecule has 6 heteroatoms. The largest absolute Gasteiger partial charge is 0.481 e. The van der Waals surface area contributed by atoms with E-state index in [0.717, 1.165) is 43.2 Å². The number of benzene rings is 2. The Labute approximate surface area is 160 Å². The van der Waals surface area contributed by atoms with E-state index >= 15 is 0 Å². The molecule has 1 amide bonds. The summed E-state index contributed by atoms with van der Waals surface area (Å²) in [7, 11) is 3.50. The number of nitrogens with zero attached hydrogens (tertiary/aromatic N) is 2. The van der Waals surface area contributed by atoms with Crippen molar-refractivity contribution in [3.05, 3.63) is 42.5 Å². The molecule has 0 unspecified atom stereocenters. The fourth-order valence-corrected chi connectivity index (χ4v) is 3.15. The number of amides is 1. The van der Waals surface area contributed by atoms with Gasteiger partial charge in [-0.25, -0.2) is 0 Å². The Morgan fingerprint density at radius 1 is 1.19 bits per heavy atom. The molecule has 0 atom stereocenters. The van der Waals surface area contributed by atoms with Gasteiger partial charge in [-0.3, -0.25) is 4.79 Å². The molecule has 0 aliphatic carbocycles. The average Bonchev–Trinajstić information content (AvgIpc) is 2.69. The maximum Gasteiger partial charge on any atom is 0.264 e. The summed E-state index contributed by atoms with van der Waals surface area (Å²) in [6.07, 6.45) is 1.01. The van der Waals surface area contributed by atoms with E-state index in [2.05, 4.69) is 41.4 Å². The van der Waals surface area contributed by atoms with E-state index < -0.39 is 0 Å². The maximum atomic E-state index is 11.7. The summed E-state index contributed by atoms with van der Waals surface area (Å²) in [4.78, 5) is 15.7. The van der Waals surface area contributed by atoms with Crippen molar-refractivity contribution >= 4 is 28.7 Å². The number of likely N-dealkylation sites (N-methyl/N-ethyl adjacent to an activating group) is 1. The Morgan fingerprint density at radius 2 is 1.93 bits per heavy atom. The van der Waals surface area contributed by atoms with Crippen LogP contribution < -0.4 is 19.9 Å². The highest BCUT2D eigenvalue weighted by Gasteiger charge is 2.22. The molecular weight excluding hydrogens is 342 g/mol. The van der Waals surface area contributed by atoms with Gasteiger partial charge in [-0.05, 0) is 49.7 Å². The number of methoxy groups -OCH3 is 1. The third kappa shape index (κ3) is 4.52. The predicted octanol–water partition coefficient (Wildman–Crippen LogP) is 3.65. The topological polar surface area (TPSA) is 54.0 Å². The molecular formula is C21H27N3O3. The summed E-state index contributed by atoms with van der Waals surface area (Å²) < 4.78 is 10.7. The number of rotatable bonds is 8. The molecule has 0 saturated heterocycles. The Morgan fingerprint density at radius 3 is 2.63 bits per heavy atom. The molecule has 6 nitrogen and oxygen atoms in total. The molecule has 3 rings (SSSR count). The van der Waals surface area contributed by atoms with E-state index in [1.807, 2.05) is 18.2 Å². The van der Waals surface area contributed by atoms with Crippen LogP contribution in [0.15, 0.2) is 42.5 Å². The second-order valence-corrected chi connectivity index (χ2v) is 6.52. The van der Waals surface area contributed by atoms with E-state index in [0.29, 0.717) is 5.75 Å². The number of anilines is 4. The van der Waals surface area contributed by atoms with Gasteiger partial charge in [-0.15, -0.1) is 0 Å². The van der Waals surface area contributed by atoms with Crippen molar-refractivity contribution in [2.75, 3.05) is 55.6 Å². The Bertz CT molecular complexity index is 777. The summed E-state index contributed by atoms with van der Waals surface area (Å²) in [6, 6.07) is 14.2. The van der Waals surface area contributed by atoms with Crippen molar-refractivity contribution in [1.29, 1.82) is 0 Å². The molecule has 144 valence electrons. The Hall–Kier alpha value is -2.73. The zero-order valence-electron chi connectivity index (χ0n) is 16.2. The van der Waals surface area contributed by atoms with Crippen LogP contribution >= 0.6 is 0 Å². The van der Waals surface area contributed by atoms with Crippen LogP contribution in [0.3, 0.4) is 0 Å². The number of ether oxygens (including phenoxy) is 2. The number of hydrogen-bond donors (Lipinski definition) is 1. The van der Waals surface area contributed by atoms with E-state index in [4.69, 9.17) is 9.47 Å². The van der Waals surface area contributed by atoms with Crippen LogP contribution in [-0.2, 0) is 9.53 Å². The summed E-state index contributed by atoms with van der Waals surface area (Å²) in [5.74, 6) is 0.679. The van der Waals surface area contributed by atoms with Gasteiger partial charge < -0.3 is 24.6 Å². The summed E-state index contributed by atoms with van der Waals surface area (Å²) in [5.41, 5.74) is 3.93. The van der Waals surface area contributed by atoms with Gasteiger partial charge in [0, 0.05) is 57.0 Å². The lowest BCUT2D eigenvalue weighted by atomic mass is 10.2. The Kier molecular flexibility index (Phi) is 6.19. The zero-order valence-corrected chi connectivity index (χ0v) is 16.2. The molecule has 0 fully saturated rings. The van der Waals surface area contributed by atoms with Crippen molar-refractivity contribution < 1.29 is 14.3 Å². The lowest BCUT2D eigenvalue weighted by Crippen LogP contribution is -2.35. The van der Waals surface area contributed by atoms with Crippen LogP contribution in [0.1, 0.15) is 13.3 Å². The molecule has 2 aromatic rings. The lowest BCUT2D eigenvalue weighted by molar-refractivity contribution is -0.120. The molecule has 0 saturated carbocycles. The zero-order chi connectivity index (χ0) is 19.2. The van der Waals surface area contributed by atoms with Gasteiger partial charge in [0.05, 0.1) is 5.69 Å². The molecule has 27 heavy (non-hydrogen) atoms. The Balaban J connectivity index is 1.67. The number of nitrogens with one attached hydrogen (secondary N) is 1. The molecule has 1 aliphatic rings. The number of hydrogen-bond acceptors (Lipinski definition) is 5. The first-order valence-electron chi connectivity index (χ1n) is 9.26. The van der Waals surface area contributed by atoms with Crippen LogP contribution in [0.5, 0.6) is 5.75 Å². The average molecular weight is 369 g/mol. The normalized spacial score (nSPS) is 13.1. The molecule has 1 heterocycles. The first-order chi connectivity index (χ1) is 13.1. The first-order valence-corrected chi connectivity index (χ1v) is 9.26. The van der Waals surface area contributed by atoms with Crippen LogP contribution in [-0.4, -0.2) is 46.4 Å². The van der Waals surface area contributed by atoms with Gasteiger partial charge >= 0.3 is 0 Å². The molecule has 1 aliphatic heterocycles. The van der Waals surface area contributed by atoms with Crippen LogP contribution in [0.2, 0.25) is 0 Å². The fraction of sp³-hybridized carbons (Fsp3) is 0.381. The number of fused-ring (bicyclic) bond motifs is 1. The highest BCUT2D eigenvalue weighted by Crippen LogP contribution is 2.34. The van der Waals surface area contributed by atoms with Gasteiger partial charge in [-0.1, -0.05) is 0 Å². The third-order valence-corrected chi connectivity index (χ3v) is 4.73. The summed E-state index contributed by atoms with van der Waals surface area (Å²) in [6.45, 7) is 4.96. The molecule has 0 spiro atoms. The number of carbonyl (C=O) groups excluding carboxylic acids is 1. The fourth-order valence-electron chi connectivity index (χ4n) is 3.15. The van der Waals surface area contributed by atoms with Crippen molar-refractivity contribution in [3.63, 3.8) is 0 Å². The minimum absolute atomic E-state index is 0.0372. The highest BCUT2D eigenvalue weighted by atomic mass is 16.5. The van der Waals surface area contributed by atoms with Gasteiger partial charge in [0.15, 0.2) is 6.61 Å². The van der Waals surface area contributed by atoms with Gasteiger partial charge in [0.25, 0.3) is 5.91 Å². The minimum atomic E-state index is -0.0372. The van der Waals surface area contributed by atoms with E-state index in [1.165, 1.54) is 5.69 Å². The first kappa shape index (κ1) is 19.0. The molecule has 1 N–H and O–H groups in total. The van der Waals surface area contributed by atoms with Gasteiger partial charge in [0.2, 0.25) is 0 Å². The number of carbonyl (C=O) groups is 1. The standard InChI is InChI=1S/C21H27N3O3/c1-4-24(12-5-13-26-3)18-9-6-16(7-10-18)22-17-8-11-19-20(14-17)27-15-21(25)23(19)2/h6-11,14,22H,4-5,12-13,15H2,1-3H3. The van der Waals surface area contributed by atoms with E-state index in [-0.39, 0.29) is 12.5 Å². The molecule has 0 aromatic heterocycles. The molecule has 0 radical (unpaired) electrons. The smallest absolute Gasteiger partial charge is 0.264 e. The van der Waals surface area contributed by atoms with Gasteiger partial charge in [-0.2, -0.15) is 0 Å². The van der Waals surface area contributed by atoms with Crippen molar-refractivity contribution in [3.8, 4) is 5.75 Å². The second-order valence-electron chi connectivity index (χ2n) is 6.52. The third-order valence-electron chi connectivity index (χ3n) is 4.73. The minimum Gasteiger partial charge on any atom is -0.481 e. The maximum absolute atomic E-state index is 11.7. The second kappa shape index (κ2) is 8.77. The highest BCUT2D eigenvalue weighted by molar-refractivity contribution is 5.97. The summed E-state index contributed by atoms with van der Waals surface area (Å²) >= 11 is 0. The van der Waals surface area contributed by atoms with E-state index in [9.17, 15) is 4.79 Å². The quantitative estimate of drug-likeness (QED) is 0.720. The van der Waals surface area contributed by atoms with Crippen LogP contribution in [0, 0.1) is 0 Å². The monoisotopic (exact) mass is 369 g/mol. The van der Waals surface area contributed by atoms with Crippen molar-refractivity contribution in [2.45, 2.75) is 13.3 Å². The lowest BCUT2D eigenvalue weighted by Gasteiger charge is -2.26. The van der Waals surface area contributed by atoms with Crippen molar-refractivity contribution in [1.82, 2.24) is 0 Å². The molecule has 2 aromatic carbocycles.